The van der Waals surface area contributed by atoms with Gasteiger partial charge in [0.1, 0.15) is 5.78 Å². The predicted molar refractivity (Wildman–Crippen MR) is 65.7 cm³/mol. The minimum Gasteiger partial charge on any atom is -0.330 e. The average Bonchev–Trinajstić information content (AvgIpc) is 2.16. The molecule has 0 fully saturated rings. The van der Waals surface area contributed by atoms with E-state index < -0.39 is 0 Å². The first-order valence-electron chi connectivity index (χ1n) is 5.92. The second kappa shape index (κ2) is 8.66. The highest BCUT2D eigenvalue weighted by molar-refractivity contribution is 5.78. The zero-order valence-electron chi connectivity index (χ0n) is 10.2. The van der Waals surface area contributed by atoms with E-state index in [0.717, 1.165) is 19.3 Å². The molecule has 0 amide bonds. The summed E-state index contributed by atoms with van der Waals surface area (Å²) in [4.78, 5) is 11.6. The summed E-state index contributed by atoms with van der Waals surface area (Å²) in [5.74, 6) is 1.36. The molecule has 1 atom stereocenters. The summed E-state index contributed by atoms with van der Waals surface area (Å²) in [5, 5.41) is 0. The third-order valence-corrected chi connectivity index (χ3v) is 2.52. The van der Waals surface area contributed by atoms with E-state index in [1.165, 1.54) is 0 Å². The van der Waals surface area contributed by atoms with Crippen molar-refractivity contribution in [1.82, 2.24) is 0 Å². The van der Waals surface area contributed by atoms with Crippen LogP contribution in [0.1, 0.15) is 46.0 Å². The van der Waals surface area contributed by atoms with Gasteiger partial charge in [-0.25, -0.2) is 0 Å². The van der Waals surface area contributed by atoms with Crippen LogP contribution in [0.25, 0.3) is 0 Å². The van der Waals surface area contributed by atoms with Crippen LogP contribution in [0.4, 0.5) is 0 Å². The van der Waals surface area contributed by atoms with Gasteiger partial charge in [-0.15, -0.1) is 6.58 Å². The Balaban J connectivity index is 3.75. The van der Waals surface area contributed by atoms with Crippen molar-refractivity contribution in [3.05, 3.63) is 12.7 Å². The fourth-order valence-electron chi connectivity index (χ4n) is 1.80. The molecule has 0 saturated heterocycles. The van der Waals surface area contributed by atoms with Gasteiger partial charge in [0.2, 0.25) is 0 Å². The summed E-state index contributed by atoms with van der Waals surface area (Å²) in [6.07, 6.45) is 6.13. The van der Waals surface area contributed by atoms with Crippen LogP contribution in [0.15, 0.2) is 12.7 Å². The predicted octanol–water partition coefficient (Wildman–Crippen LogP) is 2.92. The largest absolute Gasteiger partial charge is 0.330 e. The highest BCUT2D eigenvalue weighted by atomic mass is 16.1. The highest BCUT2D eigenvalue weighted by Gasteiger charge is 2.13. The van der Waals surface area contributed by atoms with E-state index in [0.29, 0.717) is 37.0 Å². The first-order chi connectivity index (χ1) is 7.10. The zero-order valence-corrected chi connectivity index (χ0v) is 10.2. The van der Waals surface area contributed by atoms with Crippen LogP contribution in [0.2, 0.25) is 0 Å². The average molecular weight is 211 g/mol. The second-order valence-electron chi connectivity index (χ2n) is 4.65. The third kappa shape index (κ3) is 8.37. The molecule has 0 heterocycles. The van der Waals surface area contributed by atoms with Gasteiger partial charge in [-0.05, 0) is 37.6 Å². The molecule has 0 bridgehead atoms. The van der Waals surface area contributed by atoms with Gasteiger partial charge in [-0.2, -0.15) is 0 Å². The first-order valence-corrected chi connectivity index (χ1v) is 5.92. The topological polar surface area (TPSA) is 43.1 Å². The lowest BCUT2D eigenvalue weighted by Gasteiger charge is -2.15. The summed E-state index contributed by atoms with van der Waals surface area (Å²) in [5.41, 5.74) is 5.66. The molecule has 0 rings (SSSR count). The maximum Gasteiger partial charge on any atom is 0.133 e. The van der Waals surface area contributed by atoms with Crippen molar-refractivity contribution in [2.24, 2.45) is 17.6 Å². The molecule has 88 valence electrons. The molecule has 0 aromatic carbocycles. The lowest BCUT2D eigenvalue weighted by molar-refractivity contribution is -0.120. The molecule has 0 aliphatic carbocycles. The Bertz CT molecular complexity index is 187. The van der Waals surface area contributed by atoms with Crippen LogP contribution in [0, 0.1) is 11.8 Å². The number of Topliss-reactive ketones (excluding diaryl/α,β-unsaturated/α-hetero) is 1. The van der Waals surface area contributed by atoms with Gasteiger partial charge in [0, 0.05) is 12.8 Å². The Kier molecular flexibility index (Phi) is 8.30. The van der Waals surface area contributed by atoms with Crippen molar-refractivity contribution < 1.29 is 4.79 Å². The van der Waals surface area contributed by atoms with E-state index in [2.05, 4.69) is 20.4 Å². The molecule has 0 spiro atoms. The summed E-state index contributed by atoms with van der Waals surface area (Å²) >= 11 is 0. The van der Waals surface area contributed by atoms with E-state index in [1.54, 1.807) is 0 Å². The number of unbranched alkanes of at least 4 members (excludes halogenated alkanes) is 1. The number of carbonyl (C=O) groups is 1. The van der Waals surface area contributed by atoms with Crippen molar-refractivity contribution in [2.75, 3.05) is 6.54 Å². The highest BCUT2D eigenvalue weighted by Crippen LogP contribution is 2.16. The van der Waals surface area contributed by atoms with Crippen LogP contribution in [0.3, 0.4) is 0 Å². The molecule has 0 radical (unpaired) electrons. The van der Waals surface area contributed by atoms with E-state index in [1.807, 2.05) is 6.08 Å². The minimum absolute atomic E-state index is 0.355. The maximum atomic E-state index is 11.6. The third-order valence-electron chi connectivity index (χ3n) is 2.52. The van der Waals surface area contributed by atoms with Gasteiger partial charge >= 0.3 is 0 Å². The van der Waals surface area contributed by atoms with Crippen LogP contribution >= 0.6 is 0 Å². The molecule has 0 aromatic heterocycles. The van der Waals surface area contributed by atoms with Crippen LogP contribution in [0.5, 0.6) is 0 Å². The Morgan fingerprint density at radius 1 is 1.47 bits per heavy atom. The van der Waals surface area contributed by atoms with Crippen LogP contribution < -0.4 is 5.73 Å². The number of ketones is 1. The molecule has 0 saturated carbocycles. The number of hydrogen-bond acceptors (Lipinski definition) is 2. The Hall–Kier alpha value is -0.630. The maximum absolute atomic E-state index is 11.6. The standard InChI is InChI=1S/C13H25NO/c1-4-5-6-7-13(15)9-12(10-14)8-11(2)3/h4,11-12H,1,5-10,14H2,2-3H3. The van der Waals surface area contributed by atoms with Crippen molar-refractivity contribution >= 4 is 5.78 Å². The molecule has 2 N–H and O–H groups in total. The zero-order chi connectivity index (χ0) is 11.7. The van der Waals surface area contributed by atoms with Crippen molar-refractivity contribution in [1.29, 1.82) is 0 Å². The quantitative estimate of drug-likeness (QED) is 0.470. The number of allylic oxidation sites excluding steroid dienone is 1. The molecule has 2 heteroatoms. The van der Waals surface area contributed by atoms with E-state index in [-0.39, 0.29) is 0 Å². The van der Waals surface area contributed by atoms with Crippen molar-refractivity contribution in [2.45, 2.75) is 46.0 Å². The van der Waals surface area contributed by atoms with E-state index >= 15 is 0 Å². The molecule has 0 aliphatic heterocycles. The Labute approximate surface area is 93.9 Å². The minimum atomic E-state index is 0.355. The second-order valence-corrected chi connectivity index (χ2v) is 4.65. The molecule has 1 unspecified atom stereocenters. The first kappa shape index (κ1) is 14.4. The number of nitrogens with two attached hydrogens (primary N) is 1. The fraction of sp³-hybridized carbons (Fsp3) is 0.769. The summed E-state index contributed by atoms with van der Waals surface area (Å²) in [6, 6.07) is 0. The molecule has 2 nitrogen and oxygen atoms in total. The molecular formula is C13H25NO. The van der Waals surface area contributed by atoms with Gasteiger partial charge in [0.25, 0.3) is 0 Å². The Morgan fingerprint density at radius 2 is 2.13 bits per heavy atom. The summed E-state index contributed by atoms with van der Waals surface area (Å²) in [7, 11) is 0. The lowest BCUT2D eigenvalue weighted by atomic mass is 9.91. The summed E-state index contributed by atoms with van der Waals surface area (Å²) in [6.45, 7) is 8.62. The van der Waals surface area contributed by atoms with Gasteiger partial charge in [-0.1, -0.05) is 19.9 Å². The van der Waals surface area contributed by atoms with Crippen LogP contribution in [-0.4, -0.2) is 12.3 Å². The van der Waals surface area contributed by atoms with E-state index in [9.17, 15) is 4.79 Å². The van der Waals surface area contributed by atoms with Gasteiger partial charge < -0.3 is 5.73 Å². The number of hydrogen-bond donors (Lipinski definition) is 1. The number of carbonyl (C=O) groups excluding carboxylic acids is 1. The van der Waals surface area contributed by atoms with E-state index in [4.69, 9.17) is 5.73 Å². The van der Waals surface area contributed by atoms with Gasteiger partial charge in [-0.3, -0.25) is 4.79 Å². The van der Waals surface area contributed by atoms with Crippen molar-refractivity contribution in [3.63, 3.8) is 0 Å². The normalized spacial score (nSPS) is 12.8. The monoisotopic (exact) mass is 211 g/mol. The molecule has 0 aromatic rings. The fourth-order valence-corrected chi connectivity index (χ4v) is 1.80. The summed E-state index contributed by atoms with van der Waals surface area (Å²) < 4.78 is 0. The van der Waals surface area contributed by atoms with Crippen molar-refractivity contribution in [3.8, 4) is 0 Å². The Morgan fingerprint density at radius 3 is 2.60 bits per heavy atom. The van der Waals surface area contributed by atoms with Gasteiger partial charge in [0.15, 0.2) is 0 Å². The SMILES string of the molecule is C=CCCCC(=O)CC(CN)CC(C)C. The smallest absolute Gasteiger partial charge is 0.133 e. The van der Waals surface area contributed by atoms with Gasteiger partial charge in [0.05, 0.1) is 0 Å². The lowest BCUT2D eigenvalue weighted by Crippen LogP contribution is -2.19. The van der Waals surface area contributed by atoms with Crippen LogP contribution in [-0.2, 0) is 4.79 Å². The number of rotatable bonds is 9. The molecule has 15 heavy (non-hydrogen) atoms. The molecular weight excluding hydrogens is 186 g/mol. The molecule has 0 aliphatic rings.